The van der Waals surface area contributed by atoms with E-state index < -0.39 is 34.5 Å². The molecule has 0 aliphatic rings. The summed E-state index contributed by atoms with van der Waals surface area (Å²) >= 11 is 3.60. The molecule has 96 valence electrons. The third-order valence-electron chi connectivity index (χ3n) is 1.61. The zero-order valence-corrected chi connectivity index (χ0v) is 13.8. The van der Waals surface area contributed by atoms with Crippen LogP contribution in [0.3, 0.4) is 0 Å². The molecule has 0 saturated carbocycles. The van der Waals surface area contributed by atoms with E-state index in [-0.39, 0.29) is 0 Å². The summed E-state index contributed by atoms with van der Waals surface area (Å²) in [5.74, 6) is 0. The van der Waals surface area contributed by atoms with E-state index in [0.717, 1.165) is 22.6 Å². The van der Waals surface area contributed by atoms with Gasteiger partial charge in [0, 0.05) is 3.57 Å². The van der Waals surface area contributed by atoms with Gasteiger partial charge in [-0.05, 0) is 67.8 Å². The molecule has 17 heavy (non-hydrogen) atoms. The Hall–Kier alpha value is 0.920. The van der Waals surface area contributed by atoms with Gasteiger partial charge in [0.1, 0.15) is 18.5 Å². The van der Waals surface area contributed by atoms with E-state index in [1.54, 1.807) is 0 Å². The van der Waals surface area contributed by atoms with E-state index in [9.17, 15) is 26.3 Å². The van der Waals surface area contributed by atoms with Crippen molar-refractivity contribution in [3.05, 3.63) is 22.1 Å². The van der Waals surface area contributed by atoms with Crippen LogP contribution in [0, 0.1) is 11.0 Å². The highest BCUT2D eigenvalue weighted by atomic mass is 127. The van der Waals surface area contributed by atoms with Gasteiger partial charge in [-0.1, -0.05) is 0 Å². The molecule has 0 aliphatic carbocycles. The Labute approximate surface area is 132 Å². The van der Waals surface area contributed by atoms with Gasteiger partial charge in [-0.25, -0.2) is 4.98 Å². The summed E-state index contributed by atoms with van der Waals surface area (Å²) < 4.78 is 73.7. The lowest BCUT2D eigenvalue weighted by molar-refractivity contribution is -0.145. The van der Waals surface area contributed by atoms with Crippen molar-refractivity contribution in [3.8, 4) is 0 Å². The van der Waals surface area contributed by atoms with Crippen molar-refractivity contribution in [1.29, 1.82) is 0 Å². The quantitative estimate of drug-likeness (QED) is 0.237. The summed E-state index contributed by atoms with van der Waals surface area (Å²) in [7, 11) is 0. The Morgan fingerprint density at radius 2 is 1.00 bits per heavy atom. The molecule has 0 amide bonds. The number of rotatable bonds is 0. The minimum atomic E-state index is -4.86. The van der Waals surface area contributed by atoms with Crippen LogP contribution in [0.25, 0.3) is 0 Å². The fourth-order valence-electron chi connectivity index (χ4n) is 0.987. The van der Waals surface area contributed by atoms with Crippen LogP contribution in [-0.4, -0.2) is 4.98 Å². The van der Waals surface area contributed by atoms with Crippen molar-refractivity contribution >= 4 is 67.8 Å². The molecule has 0 N–H and O–H groups in total. The number of nitrogens with zero attached hydrogens (tertiary/aromatic N) is 1. The zero-order valence-electron chi connectivity index (χ0n) is 7.35. The van der Waals surface area contributed by atoms with Crippen molar-refractivity contribution in [2.45, 2.75) is 12.4 Å². The summed E-state index contributed by atoms with van der Waals surface area (Å²) in [6, 6.07) is 0. The monoisotopic (exact) mass is 593 g/mol. The average molecular weight is 593 g/mol. The number of aromatic nitrogens is 1. The van der Waals surface area contributed by atoms with Crippen molar-refractivity contribution in [3.63, 3.8) is 0 Å². The molecule has 0 aliphatic heterocycles. The van der Waals surface area contributed by atoms with Gasteiger partial charge in [0.05, 0.1) is 0 Å². The topological polar surface area (TPSA) is 12.9 Å². The van der Waals surface area contributed by atoms with Crippen LogP contribution in [0.1, 0.15) is 11.1 Å². The summed E-state index contributed by atoms with van der Waals surface area (Å²) in [6.45, 7) is 0. The molecule has 0 radical (unpaired) electrons. The molecule has 10 heteroatoms. The van der Waals surface area contributed by atoms with Crippen molar-refractivity contribution in [2.24, 2.45) is 0 Å². The van der Waals surface area contributed by atoms with E-state index in [4.69, 9.17) is 0 Å². The van der Waals surface area contributed by atoms with Crippen LogP contribution >= 0.6 is 67.8 Å². The normalized spacial score (nSPS) is 13.0. The fraction of sp³-hybridized carbons (Fsp3) is 0.286. The van der Waals surface area contributed by atoms with Crippen molar-refractivity contribution in [2.75, 3.05) is 0 Å². The average Bonchev–Trinajstić information content (AvgIpc) is 1.94. The summed E-state index contributed by atoms with van der Waals surface area (Å²) in [5.41, 5.74) is -2.68. The predicted octanol–water partition coefficient (Wildman–Crippen LogP) is 4.93. The first kappa shape index (κ1) is 16.0. The van der Waals surface area contributed by atoms with Gasteiger partial charge >= 0.3 is 12.4 Å². The molecule has 1 rings (SSSR count). The van der Waals surface area contributed by atoms with E-state index in [1.807, 2.05) is 0 Å². The molecule has 1 aromatic heterocycles. The molecule has 0 unspecified atom stereocenters. The Morgan fingerprint density at radius 1 is 0.706 bits per heavy atom. The fourth-order valence-corrected chi connectivity index (χ4v) is 5.24. The van der Waals surface area contributed by atoms with Gasteiger partial charge in [0.2, 0.25) is 0 Å². The molecule has 0 saturated heterocycles. The third kappa shape index (κ3) is 3.48. The van der Waals surface area contributed by atoms with Gasteiger partial charge in [0.15, 0.2) is 0 Å². The van der Waals surface area contributed by atoms with Crippen molar-refractivity contribution < 1.29 is 26.3 Å². The van der Waals surface area contributed by atoms with Gasteiger partial charge in [-0.3, -0.25) is 0 Å². The molecule has 0 bridgehead atoms. The van der Waals surface area contributed by atoms with Crippen LogP contribution in [0.15, 0.2) is 0 Å². The van der Waals surface area contributed by atoms with Crippen LogP contribution < -0.4 is 0 Å². The van der Waals surface area contributed by atoms with Gasteiger partial charge < -0.3 is 0 Å². The molecule has 0 atom stereocenters. The number of hydrogen-bond acceptors (Lipinski definition) is 1. The standard InChI is InChI=1S/C7F6I3N/c8-6(9,10)1-3(14)2(7(11,12)13)5(16)17-4(1)15. The van der Waals surface area contributed by atoms with Gasteiger partial charge in [-0.2, -0.15) is 26.3 Å². The highest BCUT2D eigenvalue weighted by molar-refractivity contribution is 14.1. The maximum Gasteiger partial charge on any atom is 0.419 e. The molecular formula is C7F6I3N. The lowest BCUT2D eigenvalue weighted by Crippen LogP contribution is -2.20. The highest BCUT2D eigenvalue weighted by Crippen LogP contribution is 2.43. The zero-order chi connectivity index (χ0) is 13.6. The highest BCUT2D eigenvalue weighted by Gasteiger charge is 2.44. The second-order valence-corrected chi connectivity index (χ2v) is 5.88. The van der Waals surface area contributed by atoms with E-state index in [1.165, 1.54) is 45.2 Å². The first-order valence-corrected chi connectivity index (χ1v) is 6.88. The molecule has 1 heterocycles. The Balaban J connectivity index is 3.67. The molecular weight excluding hydrogens is 593 g/mol. The number of hydrogen-bond donors (Lipinski definition) is 0. The first-order chi connectivity index (χ1) is 7.46. The number of pyridine rings is 1. The lowest BCUT2D eigenvalue weighted by Gasteiger charge is -2.17. The number of alkyl halides is 6. The van der Waals surface area contributed by atoms with Crippen LogP contribution in [-0.2, 0) is 12.4 Å². The minimum absolute atomic E-state index is 0.489. The maximum atomic E-state index is 12.6. The third-order valence-corrected chi connectivity index (χ3v) is 4.25. The predicted molar refractivity (Wildman–Crippen MR) is 72.4 cm³/mol. The van der Waals surface area contributed by atoms with E-state index in [0.29, 0.717) is 0 Å². The molecule has 0 aromatic carbocycles. The smallest absolute Gasteiger partial charge is 0.235 e. The minimum Gasteiger partial charge on any atom is -0.235 e. The second kappa shape index (κ2) is 5.13. The van der Waals surface area contributed by atoms with Gasteiger partial charge in [0.25, 0.3) is 0 Å². The van der Waals surface area contributed by atoms with Gasteiger partial charge in [-0.15, -0.1) is 0 Å². The summed E-state index contributed by atoms with van der Waals surface area (Å²) in [5, 5.41) is 0. The van der Waals surface area contributed by atoms with Crippen molar-refractivity contribution in [1.82, 2.24) is 4.98 Å². The van der Waals surface area contributed by atoms with E-state index >= 15 is 0 Å². The first-order valence-electron chi connectivity index (χ1n) is 3.65. The lowest BCUT2D eigenvalue weighted by atomic mass is 10.2. The molecule has 0 spiro atoms. The molecule has 0 fully saturated rings. The SMILES string of the molecule is FC(F)(F)c1c(I)nc(I)c(C(F)(F)F)c1I. The summed E-state index contributed by atoms with van der Waals surface area (Å²) in [4.78, 5) is 3.30. The van der Waals surface area contributed by atoms with Crippen LogP contribution in [0.2, 0.25) is 0 Å². The van der Waals surface area contributed by atoms with Crippen LogP contribution in [0.5, 0.6) is 0 Å². The Morgan fingerprint density at radius 3 is 1.24 bits per heavy atom. The Kier molecular flexibility index (Phi) is 4.82. The molecule has 1 aromatic rings. The maximum absolute atomic E-state index is 12.6. The summed E-state index contributed by atoms with van der Waals surface area (Å²) in [6.07, 6.45) is -9.71. The second-order valence-electron chi connectivity index (χ2n) is 2.75. The number of halogens is 9. The largest absolute Gasteiger partial charge is 0.419 e. The van der Waals surface area contributed by atoms with Crippen LogP contribution in [0.4, 0.5) is 26.3 Å². The Bertz CT molecular complexity index is 414. The molecule has 1 nitrogen and oxygen atoms in total. The van der Waals surface area contributed by atoms with E-state index in [2.05, 4.69) is 4.98 Å².